The highest BCUT2D eigenvalue weighted by Gasteiger charge is 2.09. The van der Waals surface area contributed by atoms with E-state index in [1.54, 1.807) is 0 Å². The Bertz CT molecular complexity index is 541. The molecule has 0 spiro atoms. The van der Waals surface area contributed by atoms with E-state index in [2.05, 4.69) is 30.7 Å². The van der Waals surface area contributed by atoms with Crippen LogP contribution in [0, 0.1) is 6.92 Å². The van der Waals surface area contributed by atoms with Gasteiger partial charge in [0, 0.05) is 39.8 Å². The van der Waals surface area contributed by atoms with E-state index in [-0.39, 0.29) is 0 Å². The van der Waals surface area contributed by atoms with Crippen LogP contribution < -0.4 is 10.6 Å². The Labute approximate surface area is 156 Å². The summed E-state index contributed by atoms with van der Waals surface area (Å²) in [4.78, 5) is 7.07. The molecule has 1 fully saturated rings. The second kappa shape index (κ2) is 11.8. The van der Waals surface area contributed by atoms with Crippen LogP contribution in [-0.2, 0) is 23.1 Å². The molecule has 2 rings (SSSR count). The molecule has 2 heterocycles. The number of aliphatic imine (C=N–C) groups is 1. The third-order valence-corrected chi connectivity index (χ3v) is 4.35. The van der Waals surface area contributed by atoms with E-state index in [4.69, 9.17) is 9.47 Å². The molecule has 1 saturated heterocycles. The van der Waals surface area contributed by atoms with Crippen LogP contribution in [0.5, 0.6) is 0 Å². The second-order valence-electron chi connectivity index (χ2n) is 6.25. The summed E-state index contributed by atoms with van der Waals surface area (Å²) in [6, 6.07) is 0. The zero-order valence-electron chi connectivity index (χ0n) is 16.3. The van der Waals surface area contributed by atoms with Gasteiger partial charge < -0.3 is 24.7 Å². The quantitative estimate of drug-likeness (QED) is 0.340. The molecule has 0 atom stereocenters. The van der Waals surface area contributed by atoms with Gasteiger partial charge in [-0.15, -0.1) is 10.2 Å². The first-order chi connectivity index (χ1) is 12.7. The van der Waals surface area contributed by atoms with Crippen LogP contribution in [0.2, 0.25) is 0 Å². The summed E-state index contributed by atoms with van der Waals surface area (Å²) in [5.41, 5.74) is 0. The molecule has 0 unspecified atom stereocenters. The number of aromatic nitrogens is 3. The maximum Gasteiger partial charge on any atom is 0.191 e. The lowest BCUT2D eigenvalue weighted by atomic mass is 10.3. The van der Waals surface area contributed by atoms with Crippen molar-refractivity contribution in [3.63, 3.8) is 0 Å². The first kappa shape index (κ1) is 20.6. The highest BCUT2D eigenvalue weighted by Crippen LogP contribution is 1.99. The summed E-state index contributed by atoms with van der Waals surface area (Å²) in [7, 11) is 1.96. The number of rotatable bonds is 10. The largest absolute Gasteiger partial charge is 0.380 e. The number of hydrogen-bond donors (Lipinski definition) is 2. The summed E-state index contributed by atoms with van der Waals surface area (Å²) < 4.78 is 12.7. The molecule has 1 aliphatic heterocycles. The van der Waals surface area contributed by atoms with Crippen LogP contribution in [0.3, 0.4) is 0 Å². The molecule has 1 aliphatic rings. The van der Waals surface area contributed by atoms with E-state index in [9.17, 15) is 0 Å². The Kier molecular flexibility index (Phi) is 9.36. The molecule has 148 valence electrons. The Hall–Kier alpha value is -1.71. The molecule has 0 radical (unpaired) electrons. The number of nitrogens with one attached hydrogen (secondary N) is 2. The van der Waals surface area contributed by atoms with Crippen molar-refractivity contribution in [3.8, 4) is 0 Å². The van der Waals surface area contributed by atoms with Crippen molar-refractivity contribution in [2.24, 2.45) is 12.0 Å². The Morgan fingerprint density at radius 2 is 2.00 bits per heavy atom. The van der Waals surface area contributed by atoms with Crippen LogP contribution in [-0.4, -0.2) is 84.8 Å². The highest BCUT2D eigenvalue weighted by atomic mass is 16.5. The van der Waals surface area contributed by atoms with Crippen LogP contribution in [0.25, 0.3) is 0 Å². The molecular formula is C17H33N7O2. The molecule has 0 amide bonds. The third-order valence-electron chi connectivity index (χ3n) is 4.35. The van der Waals surface area contributed by atoms with Crippen molar-refractivity contribution in [2.75, 3.05) is 59.2 Å². The monoisotopic (exact) mass is 367 g/mol. The van der Waals surface area contributed by atoms with Crippen molar-refractivity contribution in [3.05, 3.63) is 11.6 Å². The Morgan fingerprint density at radius 1 is 1.23 bits per heavy atom. The standard InChI is InChI=1S/C17H33N7O2/c1-4-25-11-7-19-17(20-14-16-22-21-15(2)23(16)3)18-6-5-8-24-9-12-26-13-10-24/h4-14H2,1-3H3,(H2,18,19,20). The van der Waals surface area contributed by atoms with Crippen molar-refractivity contribution >= 4 is 5.96 Å². The molecule has 0 aliphatic carbocycles. The van der Waals surface area contributed by atoms with E-state index >= 15 is 0 Å². The first-order valence-corrected chi connectivity index (χ1v) is 9.45. The van der Waals surface area contributed by atoms with E-state index < -0.39 is 0 Å². The molecule has 1 aromatic heterocycles. The van der Waals surface area contributed by atoms with Gasteiger partial charge in [-0.3, -0.25) is 4.90 Å². The van der Waals surface area contributed by atoms with E-state index in [0.29, 0.717) is 13.2 Å². The van der Waals surface area contributed by atoms with Gasteiger partial charge in [-0.05, 0) is 26.8 Å². The summed E-state index contributed by atoms with van der Waals surface area (Å²) >= 11 is 0. The van der Waals surface area contributed by atoms with Crippen LogP contribution >= 0.6 is 0 Å². The molecule has 0 aromatic carbocycles. The number of aryl methyl sites for hydroxylation is 1. The van der Waals surface area contributed by atoms with Gasteiger partial charge in [0.15, 0.2) is 11.8 Å². The maximum absolute atomic E-state index is 5.38. The molecule has 0 saturated carbocycles. The predicted octanol–water partition coefficient (Wildman–Crippen LogP) is -0.0825. The van der Waals surface area contributed by atoms with Gasteiger partial charge in [0.2, 0.25) is 0 Å². The lowest BCUT2D eigenvalue weighted by molar-refractivity contribution is 0.0376. The summed E-state index contributed by atoms with van der Waals surface area (Å²) in [5, 5.41) is 14.9. The van der Waals surface area contributed by atoms with Gasteiger partial charge in [0.25, 0.3) is 0 Å². The topological polar surface area (TPSA) is 88.8 Å². The van der Waals surface area contributed by atoms with Gasteiger partial charge in [-0.25, -0.2) is 4.99 Å². The molecular weight excluding hydrogens is 334 g/mol. The minimum absolute atomic E-state index is 0.491. The lowest BCUT2D eigenvalue weighted by Gasteiger charge is -2.26. The predicted molar refractivity (Wildman–Crippen MR) is 101 cm³/mol. The smallest absolute Gasteiger partial charge is 0.191 e. The number of hydrogen-bond acceptors (Lipinski definition) is 6. The Morgan fingerprint density at radius 3 is 2.69 bits per heavy atom. The van der Waals surface area contributed by atoms with Gasteiger partial charge in [0.1, 0.15) is 12.4 Å². The number of guanidine groups is 1. The van der Waals surface area contributed by atoms with Crippen molar-refractivity contribution in [1.82, 2.24) is 30.3 Å². The summed E-state index contributed by atoms with van der Waals surface area (Å²) in [6.07, 6.45) is 1.06. The van der Waals surface area contributed by atoms with Crippen molar-refractivity contribution in [2.45, 2.75) is 26.8 Å². The Balaban J connectivity index is 1.77. The minimum Gasteiger partial charge on any atom is -0.380 e. The molecule has 0 bridgehead atoms. The fraction of sp³-hybridized carbons (Fsp3) is 0.824. The summed E-state index contributed by atoms with van der Waals surface area (Å²) in [6.45, 7) is 12.2. The van der Waals surface area contributed by atoms with E-state index in [1.165, 1.54) is 0 Å². The lowest BCUT2D eigenvalue weighted by Crippen LogP contribution is -2.41. The average molecular weight is 367 g/mol. The highest BCUT2D eigenvalue weighted by molar-refractivity contribution is 5.79. The molecule has 1 aromatic rings. The van der Waals surface area contributed by atoms with Crippen LogP contribution in [0.1, 0.15) is 25.0 Å². The van der Waals surface area contributed by atoms with Crippen LogP contribution in [0.15, 0.2) is 4.99 Å². The number of morpholine rings is 1. The third kappa shape index (κ3) is 7.27. The number of nitrogens with zero attached hydrogens (tertiary/aromatic N) is 5. The normalized spacial score (nSPS) is 16.0. The average Bonchev–Trinajstić information content (AvgIpc) is 2.98. The minimum atomic E-state index is 0.491. The molecule has 9 heteroatoms. The van der Waals surface area contributed by atoms with Crippen molar-refractivity contribution < 1.29 is 9.47 Å². The van der Waals surface area contributed by atoms with E-state index in [1.807, 2.05) is 25.5 Å². The van der Waals surface area contributed by atoms with Gasteiger partial charge in [-0.1, -0.05) is 0 Å². The first-order valence-electron chi connectivity index (χ1n) is 9.45. The van der Waals surface area contributed by atoms with Crippen LogP contribution in [0.4, 0.5) is 0 Å². The summed E-state index contributed by atoms with van der Waals surface area (Å²) in [5.74, 6) is 2.52. The maximum atomic E-state index is 5.38. The molecule has 26 heavy (non-hydrogen) atoms. The fourth-order valence-corrected chi connectivity index (χ4v) is 2.63. The van der Waals surface area contributed by atoms with Gasteiger partial charge in [0.05, 0.1) is 19.8 Å². The van der Waals surface area contributed by atoms with Gasteiger partial charge >= 0.3 is 0 Å². The zero-order valence-corrected chi connectivity index (χ0v) is 16.3. The molecule has 9 nitrogen and oxygen atoms in total. The number of ether oxygens (including phenoxy) is 2. The fourth-order valence-electron chi connectivity index (χ4n) is 2.63. The molecule has 2 N–H and O–H groups in total. The van der Waals surface area contributed by atoms with Gasteiger partial charge in [-0.2, -0.15) is 0 Å². The van der Waals surface area contributed by atoms with Crippen molar-refractivity contribution in [1.29, 1.82) is 0 Å². The zero-order chi connectivity index (χ0) is 18.6. The van der Waals surface area contributed by atoms with E-state index in [0.717, 1.165) is 76.6 Å². The SMILES string of the molecule is CCOCCNC(=NCc1nnc(C)n1C)NCCCN1CCOCC1. The second-order valence-corrected chi connectivity index (χ2v) is 6.25.